The van der Waals surface area contributed by atoms with Crippen molar-refractivity contribution in [3.63, 3.8) is 0 Å². The molecule has 25 heavy (non-hydrogen) atoms. The lowest BCUT2D eigenvalue weighted by Crippen LogP contribution is -2.29. The van der Waals surface area contributed by atoms with Gasteiger partial charge in [-0.3, -0.25) is 4.90 Å². The molecule has 0 radical (unpaired) electrons. The lowest BCUT2D eigenvalue weighted by molar-refractivity contribution is 0.251. The summed E-state index contributed by atoms with van der Waals surface area (Å²) in [7, 11) is 0. The van der Waals surface area contributed by atoms with Crippen molar-refractivity contribution in [2.45, 2.75) is 26.2 Å². The van der Waals surface area contributed by atoms with E-state index in [0.717, 1.165) is 18.2 Å². The predicted molar refractivity (Wildman–Crippen MR) is 96.8 cm³/mol. The van der Waals surface area contributed by atoms with Crippen LogP contribution in [-0.4, -0.2) is 24.5 Å². The number of piperidine rings is 1. The molecular weight excluding hydrogens is 320 g/mol. The van der Waals surface area contributed by atoms with E-state index in [1.165, 1.54) is 50.1 Å². The van der Waals surface area contributed by atoms with Crippen molar-refractivity contribution < 1.29 is 13.5 Å². The maximum absolute atomic E-state index is 13.6. The number of allylic oxidation sites excluding steroid dienone is 1. The third-order valence-corrected chi connectivity index (χ3v) is 4.54. The molecule has 1 saturated heterocycles. The minimum Gasteiger partial charge on any atom is -0.454 e. The molecule has 0 aromatic heterocycles. The van der Waals surface area contributed by atoms with Gasteiger partial charge in [-0.25, -0.2) is 8.78 Å². The van der Waals surface area contributed by atoms with Gasteiger partial charge < -0.3 is 4.74 Å². The van der Waals surface area contributed by atoms with Gasteiger partial charge in [0.05, 0.1) is 0 Å². The number of benzene rings is 2. The molecule has 0 saturated carbocycles. The van der Waals surface area contributed by atoms with E-state index in [1.54, 1.807) is 12.1 Å². The number of nitrogens with zero attached hydrogens (tertiary/aromatic N) is 1. The van der Waals surface area contributed by atoms with Crippen LogP contribution in [0, 0.1) is 11.6 Å². The standard InChI is InChI=1S/C21H23F2NO/c1-16(11-14-24-12-3-2-4-13-24)17-5-8-19(9-6-17)25-21-10-7-18(22)15-20(21)23/h5-11,15H,2-4,12-14H2,1H3. The molecule has 1 fully saturated rings. The zero-order valence-electron chi connectivity index (χ0n) is 14.5. The summed E-state index contributed by atoms with van der Waals surface area (Å²) in [5, 5.41) is 0. The Balaban J connectivity index is 1.62. The molecule has 4 heteroatoms. The maximum Gasteiger partial charge on any atom is 0.168 e. The Hall–Kier alpha value is -2.20. The van der Waals surface area contributed by atoms with Crippen LogP contribution in [0.4, 0.5) is 8.78 Å². The summed E-state index contributed by atoms with van der Waals surface area (Å²) >= 11 is 0. The molecule has 1 aliphatic heterocycles. The molecule has 2 nitrogen and oxygen atoms in total. The van der Waals surface area contributed by atoms with E-state index < -0.39 is 11.6 Å². The number of hydrogen-bond donors (Lipinski definition) is 0. The molecule has 2 aromatic carbocycles. The van der Waals surface area contributed by atoms with Crippen LogP contribution in [0.15, 0.2) is 48.5 Å². The fourth-order valence-corrected chi connectivity index (χ4v) is 3.00. The van der Waals surface area contributed by atoms with Crippen molar-refractivity contribution in [2.24, 2.45) is 0 Å². The van der Waals surface area contributed by atoms with Crippen molar-refractivity contribution in [1.29, 1.82) is 0 Å². The summed E-state index contributed by atoms with van der Waals surface area (Å²) in [4.78, 5) is 2.47. The normalized spacial score (nSPS) is 16.0. The summed E-state index contributed by atoms with van der Waals surface area (Å²) in [6.45, 7) is 5.43. The first-order valence-corrected chi connectivity index (χ1v) is 8.74. The van der Waals surface area contributed by atoms with Gasteiger partial charge in [-0.2, -0.15) is 0 Å². The zero-order valence-corrected chi connectivity index (χ0v) is 14.5. The van der Waals surface area contributed by atoms with Gasteiger partial charge in [-0.15, -0.1) is 0 Å². The Bertz CT molecular complexity index is 734. The van der Waals surface area contributed by atoms with Crippen LogP contribution in [0.25, 0.3) is 5.57 Å². The number of rotatable bonds is 5. The lowest BCUT2D eigenvalue weighted by atomic mass is 10.1. The Morgan fingerprint density at radius 1 is 1.04 bits per heavy atom. The van der Waals surface area contributed by atoms with Crippen molar-refractivity contribution in [3.05, 3.63) is 65.7 Å². The summed E-state index contributed by atoms with van der Waals surface area (Å²) in [5.41, 5.74) is 2.33. The van der Waals surface area contributed by atoms with Crippen LogP contribution in [0.5, 0.6) is 11.5 Å². The average molecular weight is 343 g/mol. The van der Waals surface area contributed by atoms with Crippen molar-refractivity contribution in [3.8, 4) is 11.5 Å². The molecule has 3 rings (SSSR count). The molecule has 0 bridgehead atoms. The van der Waals surface area contributed by atoms with Crippen molar-refractivity contribution >= 4 is 5.57 Å². The molecule has 0 spiro atoms. The van der Waals surface area contributed by atoms with E-state index in [2.05, 4.69) is 17.9 Å². The van der Waals surface area contributed by atoms with Gasteiger partial charge in [-0.1, -0.05) is 24.6 Å². The van der Waals surface area contributed by atoms with E-state index in [4.69, 9.17) is 4.74 Å². The summed E-state index contributed by atoms with van der Waals surface area (Å²) in [6, 6.07) is 10.8. The number of likely N-dealkylation sites (tertiary alicyclic amines) is 1. The van der Waals surface area contributed by atoms with Crippen LogP contribution in [0.3, 0.4) is 0 Å². The number of hydrogen-bond acceptors (Lipinski definition) is 2. The molecule has 2 aromatic rings. The molecule has 0 atom stereocenters. The highest BCUT2D eigenvalue weighted by molar-refractivity contribution is 5.64. The van der Waals surface area contributed by atoms with Gasteiger partial charge in [0.25, 0.3) is 0 Å². The SMILES string of the molecule is CC(=CCN1CCCCC1)c1ccc(Oc2ccc(F)cc2F)cc1. The number of halogens is 2. The first kappa shape index (κ1) is 17.6. The molecule has 0 aliphatic carbocycles. The second kappa shape index (κ2) is 8.26. The molecule has 0 N–H and O–H groups in total. The molecule has 1 heterocycles. The monoisotopic (exact) mass is 343 g/mol. The Morgan fingerprint density at radius 2 is 1.76 bits per heavy atom. The van der Waals surface area contributed by atoms with Gasteiger partial charge in [-0.05, 0) is 68.3 Å². The fraction of sp³-hybridized carbons (Fsp3) is 0.333. The van der Waals surface area contributed by atoms with Crippen LogP contribution < -0.4 is 4.74 Å². The van der Waals surface area contributed by atoms with E-state index >= 15 is 0 Å². The van der Waals surface area contributed by atoms with Crippen LogP contribution in [0.2, 0.25) is 0 Å². The largest absolute Gasteiger partial charge is 0.454 e. The van der Waals surface area contributed by atoms with Crippen LogP contribution in [0.1, 0.15) is 31.7 Å². The van der Waals surface area contributed by atoms with Crippen molar-refractivity contribution in [2.75, 3.05) is 19.6 Å². The Labute approximate surface area is 147 Å². The first-order valence-electron chi connectivity index (χ1n) is 8.74. The van der Waals surface area contributed by atoms with E-state index in [1.807, 2.05) is 12.1 Å². The van der Waals surface area contributed by atoms with E-state index in [9.17, 15) is 8.78 Å². The minimum atomic E-state index is -0.707. The second-order valence-corrected chi connectivity index (χ2v) is 6.45. The zero-order chi connectivity index (χ0) is 17.6. The maximum atomic E-state index is 13.6. The average Bonchev–Trinajstić information content (AvgIpc) is 2.63. The summed E-state index contributed by atoms with van der Waals surface area (Å²) in [5.74, 6) is -0.777. The predicted octanol–water partition coefficient (Wildman–Crippen LogP) is 5.65. The highest BCUT2D eigenvalue weighted by Crippen LogP contribution is 2.26. The fourth-order valence-electron chi connectivity index (χ4n) is 3.00. The van der Waals surface area contributed by atoms with E-state index in [-0.39, 0.29) is 5.75 Å². The lowest BCUT2D eigenvalue weighted by Gasteiger charge is -2.25. The highest BCUT2D eigenvalue weighted by atomic mass is 19.1. The quantitative estimate of drug-likeness (QED) is 0.696. The van der Waals surface area contributed by atoms with E-state index in [0.29, 0.717) is 5.75 Å². The topological polar surface area (TPSA) is 12.5 Å². The first-order chi connectivity index (χ1) is 12.1. The van der Waals surface area contributed by atoms with Crippen LogP contribution >= 0.6 is 0 Å². The third-order valence-electron chi connectivity index (χ3n) is 4.54. The summed E-state index contributed by atoms with van der Waals surface area (Å²) in [6.07, 6.45) is 6.17. The van der Waals surface area contributed by atoms with Crippen molar-refractivity contribution in [1.82, 2.24) is 4.90 Å². The molecular formula is C21H23F2NO. The minimum absolute atomic E-state index is 0.0199. The third kappa shape index (κ3) is 4.89. The van der Waals surface area contributed by atoms with Crippen LogP contribution in [-0.2, 0) is 0 Å². The van der Waals surface area contributed by atoms with Gasteiger partial charge in [0.2, 0.25) is 0 Å². The Kier molecular flexibility index (Phi) is 5.82. The Morgan fingerprint density at radius 3 is 2.44 bits per heavy atom. The molecule has 0 amide bonds. The molecule has 0 unspecified atom stereocenters. The van der Waals surface area contributed by atoms with Gasteiger partial charge in [0.15, 0.2) is 11.6 Å². The van der Waals surface area contributed by atoms with Gasteiger partial charge in [0.1, 0.15) is 11.6 Å². The second-order valence-electron chi connectivity index (χ2n) is 6.45. The summed E-state index contributed by atoms with van der Waals surface area (Å²) < 4.78 is 32.1. The smallest absolute Gasteiger partial charge is 0.168 e. The van der Waals surface area contributed by atoms with Gasteiger partial charge in [0, 0.05) is 12.6 Å². The molecule has 132 valence electrons. The number of ether oxygens (including phenoxy) is 1. The molecule has 1 aliphatic rings. The highest BCUT2D eigenvalue weighted by Gasteiger charge is 2.09. The van der Waals surface area contributed by atoms with Gasteiger partial charge >= 0.3 is 0 Å².